The molecule has 2 aromatic rings. The van der Waals surface area contributed by atoms with Gasteiger partial charge in [0.25, 0.3) is 0 Å². The lowest BCUT2D eigenvalue weighted by Gasteiger charge is -2.08. The first-order valence-corrected chi connectivity index (χ1v) is 6.60. The molecule has 112 valence electrons. The minimum atomic E-state index is -0.433. The third-order valence-electron chi connectivity index (χ3n) is 2.80. The Balaban J connectivity index is 1.65. The quantitative estimate of drug-likeness (QED) is 0.607. The molecule has 0 bridgehead atoms. The summed E-state index contributed by atoms with van der Waals surface area (Å²) in [4.78, 5) is 11.7. The fourth-order valence-electron chi connectivity index (χ4n) is 1.76. The van der Waals surface area contributed by atoms with Crippen molar-refractivity contribution >= 4 is 17.3 Å². The normalized spacial score (nSPS) is 10.5. The van der Waals surface area contributed by atoms with E-state index in [4.69, 9.17) is 14.9 Å². The van der Waals surface area contributed by atoms with Gasteiger partial charge < -0.3 is 20.2 Å². The Labute approximate surface area is 121 Å². The van der Waals surface area contributed by atoms with Crippen molar-refractivity contribution in [3.8, 4) is 0 Å². The van der Waals surface area contributed by atoms with E-state index in [1.165, 1.54) is 18.2 Å². The van der Waals surface area contributed by atoms with Crippen LogP contribution >= 0.6 is 0 Å². The molecule has 0 fully saturated rings. The lowest BCUT2D eigenvalue weighted by Crippen LogP contribution is -2.13. The maximum absolute atomic E-state index is 12.9. The van der Waals surface area contributed by atoms with Gasteiger partial charge in [-0.25, -0.2) is 4.39 Å². The molecule has 0 aliphatic heterocycles. The average Bonchev–Trinajstić information content (AvgIpc) is 2.95. The summed E-state index contributed by atoms with van der Waals surface area (Å²) < 4.78 is 23.4. The number of carbonyl (C=O) groups is 1. The van der Waals surface area contributed by atoms with Crippen LogP contribution < -0.4 is 11.1 Å². The minimum Gasteiger partial charge on any atom is -0.467 e. The Morgan fingerprint density at radius 1 is 1.38 bits per heavy atom. The number of rotatable bonds is 7. The van der Waals surface area contributed by atoms with Crippen molar-refractivity contribution in [2.45, 2.75) is 19.4 Å². The highest BCUT2D eigenvalue weighted by molar-refractivity contribution is 5.93. The Morgan fingerprint density at radius 2 is 2.24 bits per heavy atom. The molecule has 1 amide bonds. The van der Waals surface area contributed by atoms with E-state index in [-0.39, 0.29) is 11.6 Å². The number of nitrogens with one attached hydrogen (secondary N) is 1. The molecule has 3 N–H and O–H groups in total. The molecular formula is C15H17FN2O3. The van der Waals surface area contributed by atoms with Gasteiger partial charge in [0, 0.05) is 13.0 Å². The van der Waals surface area contributed by atoms with Gasteiger partial charge in [0.1, 0.15) is 18.2 Å². The third kappa shape index (κ3) is 4.92. The van der Waals surface area contributed by atoms with E-state index in [0.29, 0.717) is 31.7 Å². The van der Waals surface area contributed by atoms with Gasteiger partial charge in [-0.1, -0.05) is 0 Å². The standard InChI is InChI=1S/C15H17FN2O3/c16-11-5-6-14(13(17)9-11)18-15(19)4-2-7-20-10-12-3-1-8-21-12/h1,3,5-6,8-9H,2,4,7,10,17H2,(H,18,19). The van der Waals surface area contributed by atoms with Gasteiger partial charge in [-0.05, 0) is 36.8 Å². The van der Waals surface area contributed by atoms with E-state index >= 15 is 0 Å². The largest absolute Gasteiger partial charge is 0.467 e. The molecule has 0 radical (unpaired) electrons. The molecule has 0 atom stereocenters. The van der Waals surface area contributed by atoms with Crippen molar-refractivity contribution in [2.75, 3.05) is 17.7 Å². The zero-order valence-corrected chi connectivity index (χ0v) is 11.5. The van der Waals surface area contributed by atoms with Gasteiger partial charge in [-0.15, -0.1) is 0 Å². The zero-order chi connectivity index (χ0) is 15.1. The van der Waals surface area contributed by atoms with Gasteiger partial charge in [-0.3, -0.25) is 4.79 Å². The van der Waals surface area contributed by atoms with Crippen molar-refractivity contribution in [3.05, 3.63) is 48.2 Å². The molecular weight excluding hydrogens is 275 g/mol. The molecule has 1 heterocycles. The fraction of sp³-hybridized carbons (Fsp3) is 0.267. The topological polar surface area (TPSA) is 77.5 Å². The van der Waals surface area contributed by atoms with E-state index in [2.05, 4.69) is 5.32 Å². The van der Waals surface area contributed by atoms with Gasteiger partial charge in [0.05, 0.1) is 17.6 Å². The highest BCUT2D eigenvalue weighted by atomic mass is 19.1. The van der Waals surface area contributed by atoms with Gasteiger partial charge in [0.2, 0.25) is 5.91 Å². The van der Waals surface area contributed by atoms with Crippen molar-refractivity contribution < 1.29 is 18.3 Å². The molecule has 0 spiro atoms. The van der Waals surface area contributed by atoms with Crippen LogP contribution in [-0.4, -0.2) is 12.5 Å². The summed E-state index contributed by atoms with van der Waals surface area (Å²) in [5, 5.41) is 2.64. The van der Waals surface area contributed by atoms with Crippen LogP contribution in [0, 0.1) is 5.82 Å². The molecule has 2 rings (SSSR count). The second kappa shape index (κ2) is 7.44. The molecule has 5 nitrogen and oxygen atoms in total. The number of halogens is 1. The van der Waals surface area contributed by atoms with Crippen LogP contribution in [0.2, 0.25) is 0 Å². The molecule has 1 aromatic heterocycles. The predicted octanol–water partition coefficient (Wildman–Crippen LogP) is 2.94. The molecule has 0 unspecified atom stereocenters. The molecule has 0 saturated heterocycles. The van der Waals surface area contributed by atoms with Crippen LogP contribution in [0.25, 0.3) is 0 Å². The molecule has 6 heteroatoms. The van der Waals surface area contributed by atoms with Gasteiger partial charge >= 0.3 is 0 Å². The van der Waals surface area contributed by atoms with Crippen LogP contribution in [0.15, 0.2) is 41.0 Å². The van der Waals surface area contributed by atoms with Gasteiger partial charge in [-0.2, -0.15) is 0 Å². The van der Waals surface area contributed by atoms with E-state index in [9.17, 15) is 9.18 Å². The monoisotopic (exact) mass is 292 g/mol. The Bertz CT molecular complexity index is 585. The number of nitrogens with two attached hydrogens (primary N) is 1. The SMILES string of the molecule is Nc1cc(F)ccc1NC(=O)CCCOCc1ccco1. The smallest absolute Gasteiger partial charge is 0.224 e. The van der Waals surface area contributed by atoms with E-state index in [0.717, 1.165) is 5.76 Å². The number of furan rings is 1. The lowest BCUT2D eigenvalue weighted by atomic mass is 10.2. The number of hydrogen-bond donors (Lipinski definition) is 2. The summed E-state index contributed by atoms with van der Waals surface area (Å²) in [6, 6.07) is 7.47. The number of hydrogen-bond acceptors (Lipinski definition) is 4. The van der Waals surface area contributed by atoms with E-state index < -0.39 is 5.82 Å². The molecule has 21 heavy (non-hydrogen) atoms. The number of ether oxygens (including phenoxy) is 1. The first-order valence-electron chi connectivity index (χ1n) is 6.60. The Hall–Kier alpha value is -2.34. The number of nitrogen functional groups attached to an aromatic ring is 1. The molecule has 1 aromatic carbocycles. The van der Waals surface area contributed by atoms with Crippen LogP contribution in [-0.2, 0) is 16.1 Å². The second-order valence-corrected chi connectivity index (χ2v) is 4.52. The first-order chi connectivity index (χ1) is 10.1. The second-order valence-electron chi connectivity index (χ2n) is 4.52. The van der Waals surface area contributed by atoms with Crippen LogP contribution in [0.5, 0.6) is 0 Å². The van der Waals surface area contributed by atoms with E-state index in [1.807, 2.05) is 6.07 Å². The highest BCUT2D eigenvalue weighted by Crippen LogP contribution is 2.19. The lowest BCUT2D eigenvalue weighted by molar-refractivity contribution is -0.116. The molecule has 0 aliphatic rings. The zero-order valence-electron chi connectivity index (χ0n) is 11.5. The highest BCUT2D eigenvalue weighted by Gasteiger charge is 2.06. The minimum absolute atomic E-state index is 0.185. The molecule has 0 saturated carbocycles. The van der Waals surface area contributed by atoms with Crippen molar-refractivity contribution in [2.24, 2.45) is 0 Å². The van der Waals surface area contributed by atoms with Crippen LogP contribution in [0.3, 0.4) is 0 Å². The summed E-state index contributed by atoms with van der Waals surface area (Å²) in [5.41, 5.74) is 6.23. The summed E-state index contributed by atoms with van der Waals surface area (Å²) in [6.07, 6.45) is 2.46. The predicted molar refractivity (Wildman–Crippen MR) is 77.0 cm³/mol. The Kier molecular flexibility index (Phi) is 5.34. The van der Waals surface area contributed by atoms with Gasteiger partial charge in [0.15, 0.2) is 0 Å². The summed E-state index contributed by atoms with van der Waals surface area (Å²) >= 11 is 0. The van der Waals surface area contributed by atoms with Crippen molar-refractivity contribution in [1.29, 1.82) is 0 Å². The maximum Gasteiger partial charge on any atom is 0.224 e. The average molecular weight is 292 g/mol. The summed E-state index contributed by atoms with van der Waals surface area (Å²) in [7, 11) is 0. The number of anilines is 2. The fourth-order valence-corrected chi connectivity index (χ4v) is 1.76. The number of amides is 1. The van der Waals surface area contributed by atoms with Crippen molar-refractivity contribution in [3.63, 3.8) is 0 Å². The number of benzene rings is 1. The van der Waals surface area contributed by atoms with Crippen LogP contribution in [0.4, 0.5) is 15.8 Å². The third-order valence-corrected chi connectivity index (χ3v) is 2.80. The molecule has 0 aliphatic carbocycles. The van der Waals surface area contributed by atoms with E-state index in [1.54, 1.807) is 12.3 Å². The maximum atomic E-state index is 12.9. The Morgan fingerprint density at radius 3 is 2.95 bits per heavy atom. The summed E-state index contributed by atoms with van der Waals surface area (Å²) in [5.74, 6) is 0.130. The van der Waals surface area contributed by atoms with Crippen LogP contribution in [0.1, 0.15) is 18.6 Å². The number of carbonyl (C=O) groups excluding carboxylic acids is 1. The van der Waals surface area contributed by atoms with Crippen molar-refractivity contribution in [1.82, 2.24) is 0 Å². The first kappa shape index (κ1) is 15.1. The summed E-state index contributed by atoms with van der Waals surface area (Å²) in [6.45, 7) is 0.840.